The van der Waals surface area contributed by atoms with E-state index in [4.69, 9.17) is 4.74 Å². The normalized spacial score (nSPS) is 26.7. The van der Waals surface area contributed by atoms with Crippen LogP contribution >= 0.6 is 0 Å². The summed E-state index contributed by atoms with van der Waals surface area (Å²) < 4.78 is 27.7. The molecule has 17 heavy (non-hydrogen) atoms. The van der Waals surface area contributed by atoms with Crippen LogP contribution in [0.2, 0.25) is 0 Å². The lowest BCUT2D eigenvalue weighted by Gasteiger charge is -2.16. The van der Waals surface area contributed by atoms with E-state index in [-0.39, 0.29) is 11.5 Å². The van der Waals surface area contributed by atoms with Crippen LogP contribution in [0, 0.1) is 0 Å². The summed E-state index contributed by atoms with van der Waals surface area (Å²) in [5, 5.41) is 12.7. The lowest BCUT2D eigenvalue weighted by atomic mass is 10.2. The number of aliphatic hydroxyl groups is 1. The van der Waals surface area contributed by atoms with Crippen molar-refractivity contribution in [1.29, 1.82) is 0 Å². The van der Waals surface area contributed by atoms with Crippen LogP contribution in [0.1, 0.15) is 0 Å². The fourth-order valence-electron chi connectivity index (χ4n) is 1.89. The van der Waals surface area contributed by atoms with Crippen molar-refractivity contribution >= 4 is 15.5 Å². The average molecular weight is 257 g/mol. The number of methoxy groups -OCH3 is 1. The van der Waals surface area contributed by atoms with Gasteiger partial charge in [-0.1, -0.05) is 6.07 Å². The minimum Gasteiger partial charge on any atom is -0.497 e. The average Bonchev–Trinajstić information content (AvgIpc) is 2.52. The number of hydrogen-bond acceptors (Lipinski definition) is 5. The Morgan fingerprint density at radius 1 is 1.41 bits per heavy atom. The zero-order chi connectivity index (χ0) is 12.5. The van der Waals surface area contributed by atoms with Gasteiger partial charge in [-0.2, -0.15) is 0 Å². The summed E-state index contributed by atoms with van der Waals surface area (Å²) in [6.45, 7) is 0. The van der Waals surface area contributed by atoms with Gasteiger partial charge >= 0.3 is 0 Å². The first-order valence-electron chi connectivity index (χ1n) is 5.29. The van der Waals surface area contributed by atoms with E-state index >= 15 is 0 Å². The van der Waals surface area contributed by atoms with Gasteiger partial charge in [-0.3, -0.25) is 0 Å². The second-order valence-electron chi connectivity index (χ2n) is 4.13. The van der Waals surface area contributed by atoms with Crippen molar-refractivity contribution in [3.63, 3.8) is 0 Å². The first-order valence-corrected chi connectivity index (χ1v) is 7.11. The Kier molecular flexibility index (Phi) is 3.26. The molecule has 0 radical (unpaired) electrons. The number of anilines is 1. The van der Waals surface area contributed by atoms with E-state index in [0.29, 0.717) is 5.75 Å². The van der Waals surface area contributed by atoms with Crippen molar-refractivity contribution in [3.05, 3.63) is 24.3 Å². The molecule has 1 aromatic carbocycles. The predicted octanol–water partition coefficient (Wildman–Crippen LogP) is 0.265. The van der Waals surface area contributed by atoms with Crippen molar-refractivity contribution in [2.24, 2.45) is 0 Å². The Bertz CT molecular complexity index is 500. The summed E-state index contributed by atoms with van der Waals surface area (Å²) in [6.07, 6.45) is -0.855. The SMILES string of the molecule is COc1cccc(N[C@H]2CS(=O)(=O)C[C@@H]2O)c1. The first-order chi connectivity index (χ1) is 8.00. The largest absolute Gasteiger partial charge is 0.497 e. The highest BCUT2D eigenvalue weighted by Gasteiger charge is 2.36. The van der Waals surface area contributed by atoms with Gasteiger partial charge in [0.1, 0.15) is 5.75 Å². The molecule has 0 bridgehead atoms. The van der Waals surface area contributed by atoms with Gasteiger partial charge in [0.15, 0.2) is 9.84 Å². The van der Waals surface area contributed by atoms with Crippen LogP contribution in [0.25, 0.3) is 0 Å². The van der Waals surface area contributed by atoms with E-state index in [0.717, 1.165) is 5.69 Å². The number of aliphatic hydroxyl groups excluding tert-OH is 1. The lowest BCUT2D eigenvalue weighted by Crippen LogP contribution is -2.31. The Balaban J connectivity index is 2.11. The molecule has 0 unspecified atom stereocenters. The Labute approximate surface area is 100 Å². The van der Waals surface area contributed by atoms with Crippen molar-refractivity contribution in [2.75, 3.05) is 23.9 Å². The standard InChI is InChI=1S/C11H15NO4S/c1-16-9-4-2-3-8(5-9)12-10-6-17(14,15)7-11(10)13/h2-5,10-13H,6-7H2,1H3/t10-,11-/m0/s1. The number of sulfone groups is 1. The van der Waals surface area contributed by atoms with Gasteiger partial charge in [-0.15, -0.1) is 0 Å². The van der Waals surface area contributed by atoms with Crippen LogP contribution in [-0.4, -0.2) is 44.3 Å². The second kappa shape index (κ2) is 4.54. The lowest BCUT2D eigenvalue weighted by molar-refractivity contribution is 0.190. The number of hydrogen-bond donors (Lipinski definition) is 2. The smallest absolute Gasteiger partial charge is 0.155 e. The van der Waals surface area contributed by atoms with Crippen LogP contribution in [0.3, 0.4) is 0 Å². The van der Waals surface area contributed by atoms with Crippen molar-refractivity contribution < 1.29 is 18.3 Å². The first kappa shape index (κ1) is 12.2. The zero-order valence-electron chi connectivity index (χ0n) is 9.46. The predicted molar refractivity (Wildman–Crippen MR) is 65.1 cm³/mol. The van der Waals surface area contributed by atoms with E-state index in [1.54, 1.807) is 31.4 Å². The maximum absolute atomic E-state index is 11.3. The molecule has 2 N–H and O–H groups in total. The van der Waals surface area contributed by atoms with E-state index in [1.807, 2.05) is 0 Å². The minimum atomic E-state index is -3.12. The molecule has 1 aliphatic heterocycles. The van der Waals surface area contributed by atoms with Crippen LogP contribution in [0.15, 0.2) is 24.3 Å². The third-order valence-corrected chi connectivity index (χ3v) is 4.46. The Hall–Kier alpha value is -1.27. The Morgan fingerprint density at radius 3 is 2.76 bits per heavy atom. The van der Waals surface area contributed by atoms with Gasteiger partial charge in [0.2, 0.25) is 0 Å². The highest BCUT2D eigenvalue weighted by molar-refractivity contribution is 7.91. The van der Waals surface area contributed by atoms with Crippen LogP contribution in [0.5, 0.6) is 5.75 Å². The molecule has 6 heteroatoms. The molecule has 1 heterocycles. The van der Waals surface area contributed by atoms with Gasteiger partial charge in [-0.25, -0.2) is 8.42 Å². The molecule has 2 atom stereocenters. The third-order valence-electron chi connectivity index (χ3n) is 2.74. The van der Waals surface area contributed by atoms with Crippen molar-refractivity contribution in [2.45, 2.75) is 12.1 Å². The summed E-state index contributed by atoms with van der Waals surface area (Å²) in [5.41, 5.74) is 0.741. The highest BCUT2D eigenvalue weighted by atomic mass is 32.2. The molecular weight excluding hydrogens is 242 g/mol. The molecule has 1 saturated heterocycles. The highest BCUT2D eigenvalue weighted by Crippen LogP contribution is 2.21. The van der Waals surface area contributed by atoms with Gasteiger partial charge in [0.25, 0.3) is 0 Å². The molecule has 2 rings (SSSR count). The summed E-state index contributed by atoms with van der Waals surface area (Å²) in [6, 6.07) is 6.72. The van der Waals surface area contributed by atoms with Gasteiger partial charge in [0, 0.05) is 11.8 Å². The van der Waals surface area contributed by atoms with E-state index < -0.39 is 22.0 Å². The summed E-state index contributed by atoms with van der Waals surface area (Å²) in [5.74, 6) is 0.477. The minimum absolute atomic E-state index is 0.0363. The van der Waals surface area contributed by atoms with Gasteiger partial charge < -0.3 is 15.2 Å². The molecule has 0 saturated carbocycles. The summed E-state index contributed by atoms with van der Waals surface area (Å²) in [4.78, 5) is 0. The molecule has 1 aromatic rings. The molecule has 94 valence electrons. The molecule has 0 aromatic heterocycles. The van der Waals surface area contributed by atoms with E-state index in [1.165, 1.54) is 0 Å². The topological polar surface area (TPSA) is 75.6 Å². The fraction of sp³-hybridized carbons (Fsp3) is 0.455. The zero-order valence-corrected chi connectivity index (χ0v) is 10.3. The molecule has 0 amide bonds. The molecule has 5 nitrogen and oxygen atoms in total. The quantitative estimate of drug-likeness (QED) is 0.812. The molecule has 1 aliphatic rings. The summed E-state index contributed by atoms with van der Waals surface area (Å²) >= 11 is 0. The van der Waals surface area contributed by atoms with Gasteiger partial charge in [-0.05, 0) is 12.1 Å². The number of ether oxygens (including phenoxy) is 1. The molecule has 0 spiro atoms. The van der Waals surface area contributed by atoms with Crippen LogP contribution < -0.4 is 10.1 Å². The van der Waals surface area contributed by atoms with E-state index in [9.17, 15) is 13.5 Å². The fourth-order valence-corrected chi connectivity index (χ4v) is 3.64. The number of benzene rings is 1. The number of nitrogens with one attached hydrogen (secondary N) is 1. The number of rotatable bonds is 3. The van der Waals surface area contributed by atoms with Crippen molar-refractivity contribution in [1.82, 2.24) is 0 Å². The maximum Gasteiger partial charge on any atom is 0.155 e. The molecule has 1 fully saturated rings. The van der Waals surface area contributed by atoms with Crippen LogP contribution in [0.4, 0.5) is 5.69 Å². The van der Waals surface area contributed by atoms with E-state index in [2.05, 4.69) is 5.32 Å². The molecular formula is C11H15NO4S. The van der Waals surface area contributed by atoms with Crippen LogP contribution in [-0.2, 0) is 9.84 Å². The summed E-state index contributed by atoms with van der Waals surface area (Å²) in [7, 11) is -1.56. The second-order valence-corrected chi connectivity index (χ2v) is 6.28. The Morgan fingerprint density at radius 2 is 2.18 bits per heavy atom. The van der Waals surface area contributed by atoms with Gasteiger partial charge in [0.05, 0.1) is 30.8 Å². The molecule has 0 aliphatic carbocycles. The third kappa shape index (κ3) is 2.89. The monoisotopic (exact) mass is 257 g/mol. The maximum atomic E-state index is 11.3. The van der Waals surface area contributed by atoms with Crippen molar-refractivity contribution in [3.8, 4) is 5.75 Å².